The number of nitrogens with zero attached hydrogens (tertiary/aromatic N) is 4. The number of carbonyl (C=O) groups excluding carboxylic acids is 1. The second kappa shape index (κ2) is 7.31. The summed E-state index contributed by atoms with van der Waals surface area (Å²) in [4.78, 5) is 16.7. The molecule has 0 aliphatic carbocycles. The van der Waals surface area contributed by atoms with Gasteiger partial charge in [-0.3, -0.25) is 9.48 Å². The predicted molar refractivity (Wildman–Crippen MR) is 107 cm³/mol. The molecule has 8 heteroatoms. The Bertz CT molecular complexity index is 1170. The van der Waals surface area contributed by atoms with Crippen molar-refractivity contribution in [2.75, 3.05) is 11.9 Å². The van der Waals surface area contributed by atoms with E-state index in [1.54, 1.807) is 23.4 Å². The minimum Gasteiger partial charge on any atom is -0.486 e. The number of rotatable bonds is 5. The third kappa shape index (κ3) is 3.64. The second-order valence-electron chi connectivity index (χ2n) is 6.86. The minimum absolute atomic E-state index is 0.140. The molecule has 0 spiro atoms. The van der Waals surface area contributed by atoms with Gasteiger partial charge in [-0.25, -0.2) is 4.98 Å². The zero-order chi connectivity index (χ0) is 19.6. The molecule has 29 heavy (non-hydrogen) atoms. The van der Waals surface area contributed by atoms with Crippen LogP contribution < -0.4 is 14.8 Å². The highest BCUT2D eigenvalue weighted by Gasteiger charge is 2.21. The highest BCUT2D eigenvalue weighted by molar-refractivity contribution is 5.91. The lowest BCUT2D eigenvalue weighted by atomic mass is 10.2. The summed E-state index contributed by atoms with van der Waals surface area (Å²) in [5, 5.41) is 7.19. The van der Waals surface area contributed by atoms with Crippen LogP contribution >= 0.6 is 0 Å². The van der Waals surface area contributed by atoms with Gasteiger partial charge >= 0.3 is 0 Å². The topological polar surface area (TPSA) is 83.2 Å². The fraction of sp³-hybridized carbons (Fsp3) is 0.190. The maximum Gasteiger partial charge on any atom is 0.244 e. The zero-order valence-electron chi connectivity index (χ0n) is 15.6. The molecule has 0 saturated carbocycles. The van der Waals surface area contributed by atoms with E-state index in [2.05, 4.69) is 15.4 Å². The molecule has 0 fully saturated rings. The van der Waals surface area contributed by atoms with Crippen LogP contribution in [0.3, 0.4) is 0 Å². The molecule has 0 bridgehead atoms. The average Bonchev–Trinajstić information content (AvgIpc) is 3.35. The van der Waals surface area contributed by atoms with Crippen molar-refractivity contribution in [2.45, 2.75) is 19.2 Å². The fourth-order valence-electron chi connectivity index (χ4n) is 3.38. The molecule has 146 valence electrons. The van der Waals surface area contributed by atoms with Crippen LogP contribution in [0.4, 0.5) is 5.69 Å². The normalized spacial score (nSPS) is 15.4. The highest BCUT2D eigenvalue weighted by atomic mass is 16.6. The molecular weight excluding hydrogens is 370 g/mol. The summed E-state index contributed by atoms with van der Waals surface area (Å²) in [5.41, 5.74) is 2.43. The van der Waals surface area contributed by atoms with Crippen molar-refractivity contribution in [3.63, 3.8) is 0 Å². The number of hydrogen-bond donors (Lipinski definition) is 1. The molecule has 1 atom stereocenters. The number of aromatic nitrogens is 4. The summed E-state index contributed by atoms with van der Waals surface area (Å²) >= 11 is 0. The van der Waals surface area contributed by atoms with Crippen LogP contribution in [-0.2, 0) is 17.9 Å². The summed E-state index contributed by atoms with van der Waals surface area (Å²) in [6.45, 7) is 1.16. The maximum atomic E-state index is 12.4. The SMILES string of the molecule is O=C(Cn1cnc2ccccc21)Nc1cnn(C[C@@H]2COc3ccccc3O2)c1. The Balaban J connectivity index is 1.20. The van der Waals surface area contributed by atoms with Crippen molar-refractivity contribution < 1.29 is 14.3 Å². The summed E-state index contributed by atoms with van der Waals surface area (Å²) in [7, 11) is 0. The Hall–Kier alpha value is -3.81. The number of para-hydroxylation sites is 4. The van der Waals surface area contributed by atoms with Gasteiger partial charge in [0.2, 0.25) is 5.91 Å². The molecule has 0 unspecified atom stereocenters. The monoisotopic (exact) mass is 389 g/mol. The summed E-state index contributed by atoms with van der Waals surface area (Å²) in [5.74, 6) is 1.35. The molecule has 4 aromatic rings. The van der Waals surface area contributed by atoms with Crippen molar-refractivity contribution in [2.24, 2.45) is 0 Å². The Kier molecular flexibility index (Phi) is 4.36. The van der Waals surface area contributed by atoms with Gasteiger partial charge in [0.05, 0.1) is 35.8 Å². The van der Waals surface area contributed by atoms with E-state index in [1.165, 1.54) is 0 Å². The molecule has 1 N–H and O–H groups in total. The quantitative estimate of drug-likeness (QED) is 0.567. The van der Waals surface area contributed by atoms with Crippen molar-refractivity contribution in [3.05, 3.63) is 67.3 Å². The van der Waals surface area contributed by atoms with Crippen LogP contribution in [0.1, 0.15) is 0 Å². The molecule has 0 radical (unpaired) electrons. The van der Waals surface area contributed by atoms with Crippen molar-refractivity contribution >= 4 is 22.6 Å². The fourth-order valence-corrected chi connectivity index (χ4v) is 3.38. The molecule has 0 saturated heterocycles. The second-order valence-corrected chi connectivity index (χ2v) is 6.86. The smallest absolute Gasteiger partial charge is 0.244 e. The molecule has 2 aromatic heterocycles. The van der Waals surface area contributed by atoms with E-state index in [9.17, 15) is 4.79 Å². The molecular formula is C21H19N5O3. The first-order valence-corrected chi connectivity index (χ1v) is 9.35. The Morgan fingerprint density at radius 3 is 2.90 bits per heavy atom. The van der Waals surface area contributed by atoms with Crippen LogP contribution in [-0.4, -0.2) is 37.9 Å². The zero-order valence-corrected chi connectivity index (χ0v) is 15.6. The van der Waals surface area contributed by atoms with Gasteiger partial charge in [0.1, 0.15) is 13.2 Å². The Labute approximate surface area is 166 Å². The summed E-state index contributed by atoms with van der Waals surface area (Å²) in [6, 6.07) is 15.3. The van der Waals surface area contributed by atoms with E-state index in [0.29, 0.717) is 18.8 Å². The number of nitrogens with one attached hydrogen (secondary N) is 1. The van der Waals surface area contributed by atoms with Gasteiger partial charge in [0.25, 0.3) is 0 Å². The van der Waals surface area contributed by atoms with Gasteiger partial charge in [0, 0.05) is 6.20 Å². The van der Waals surface area contributed by atoms with E-state index in [1.807, 2.05) is 53.1 Å². The van der Waals surface area contributed by atoms with Crippen molar-refractivity contribution in [1.82, 2.24) is 19.3 Å². The first-order chi connectivity index (χ1) is 14.2. The lowest BCUT2D eigenvalue weighted by molar-refractivity contribution is -0.116. The number of imidazole rings is 1. The van der Waals surface area contributed by atoms with E-state index >= 15 is 0 Å². The van der Waals surface area contributed by atoms with E-state index in [4.69, 9.17) is 9.47 Å². The van der Waals surface area contributed by atoms with Gasteiger partial charge in [-0.1, -0.05) is 24.3 Å². The maximum absolute atomic E-state index is 12.4. The van der Waals surface area contributed by atoms with Crippen molar-refractivity contribution in [1.29, 1.82) is 0 Å². The van der Waals surface area contributed by atoms with Crippen LogP contribution in [0.2, 0.25) is 0 Å². The third-order valence-electron chi connectivity index (χ3n) is 4.72. The average molecular weight is 389 g/mol. The Morgan fingerprint density at radius 2 is 1.97 bits per heavy atom. The molecule has 1 amide bonds. The van der Waals surface area contributed by atoms with Gasteiger partial charge in [0.15, 0.2) is 17.6 Å². The first-order valence-electron chi connectivity index (χ1n) is 9.35. The summed E-state index contributed by atoms with van der Waals surface area (Å²) < 4.78 is 15.2. The number of hydrogen-bond acceptors (Lipinski definition) is 5. The van der Waals surface area contributed by atoms with E-state index < -0.39 is 0 Å². The van der Waals surface area contributed by atoms with E-state index in [0.717, 1.165) is 22.5 Å². The third-order valence-corrected chi connectivity index (χ3v) is 4.72. The molecule has 8 nitrogen and oxygen atoms in total. The van der Waals surface area contributed by atoms with Crippen LogP contribution in [0.25, 0.3) is 11.0 Å². The van der Waals surface area contributed by atoms with Crippen molar-refractivity contribution in [3.8, 4) is 11.5 Å². The van der Waals surface area contributed by atoms with Gasteiger partial charge in [-0.2, -0.15) is 5.10 Å². The van der Waals surface area contributed by atoms with Gasteiger partial charge in [-0.15, -0.1) is 0 Å². The number of fused-ring (bicyclic) bond motifs is 2. The number of ether oxygens (including phenoxy) is 2. The molecule has 3 heterocycles. The van der Waals surface area contributed by atoms with Gasteiger partial charge in [-0.05, 0) is 24.3 Å². The largest absolute Gasteiger partial charge is 0.486 e. The Morgan fingerprint density at radius 1 is 1.14 bits per heavy atom. The molecule has 2 aromatic carbocycles. The first kappa shape index (κ1) is 17.3. The van der Waals surface area contributed by atoms with Gasteiger partial charge < -0.3 is 19.4 Å². The molecule has 5 rings (SSSR count). The molecule has 1 aliphatic rings. The number of anilines is 1. The minimum atomic E-state index is -0.148. The van der Waals surface area contributed by atoms with Crippen LogP contribution in [0.5, 0.6) is 11.5 Å². The number of carbonyl (C=O) groups is 1. The predicted octanol–water partition coefficient (Wildman–Crippen LogP) is 2.71. The number of benzene rings is 2. The highest BCUT2D eigenvalue weighted by Crippen LogP contribution is 2.31. The lowest BCUT2D eigenvalue weighted by Crippen LogP contribution is -2.33. The summed E-state index contributed by atoms with van der Waals surface area (Å²) in [6.07, 6.45) is 4.94. The molecule has 1 aliphatic heterocycles. The number of amides is 1. The van der Waals surface area contributed by atoms with E-state index in [-0.39, 0.29) is 18.6 Å². The lowest BCUT2D eigenvalue weighted by Gasteiger charge is -2.26. The van der Waals surface area contributed by atoms with Crippen LogP contribution in [0, 0.1) is 0 Å². The standard InChI is InChI=1S/C21H19N5O3/c27-21(12-25-14-22-17-5-1-2-6-18(17)25)24-15-9-23-26(10-15)11-16-13-28-19-7-3-4-8-20(19)29-16/h1-10,14,16H,11-13H2,(H,24,27)/t16-/m1/s1. The van der Waals surface area contributed by atoms with Crippen LogP contribution in [0.15, 0.2) is 67.3 Å².